The standard InChI is InChI=1S/C24H33Cl2N3O5/c25-18-13-17(14-19(26)24(18)27)21(30)15-28-9-3-1-2-4-11-33-12-6-7-20-22(8-5-10-29-20)34-16-23(31)32/h5,8,10,13-14,21,28,30H,1-4,6-7,9,11-12,15-16,27H2,(H,31,32). The maximum Gasteiger partial charge on any atom is 0.341 e. The van der Waals surface area contributed by atoms with E-state index in [1.807, 2.05) is 0 Å². The molecule has 0 saturated carbocycles. The molecule has 0 aliphatic carbocycles. The lowest BCUT2D eigenvalue weighted by atomic mass is 10.1. The highest BCUT2D eigenvalue weighted by molar-refractivity contribution is 6.38. The molecule has 5 N–H and O–H groups in total. The molecule has 0 radical (unpaired) electrons. The molecule has 34 heavy (non-hydrogen) atoms. The Morgan fingerprint density at radius 3 is 2.56 bits per heavy atom. The lowest BCUT2D eigenvalue weighted by molar-refractivity contribution is -0.139. The third kappa shape index (κ3) is 10.4. The Hall–Kier alpha value is -2.10. The van der Waals surface area contributed by atoms with Crippen LogP contribution in [0, 0.1) is 0 Å². The molecule has 1 atom stereocenters. The van der Waals surface area contributed by atoms with E-state index in [9.17, 15) is 9.90 Å². The maximum atomic E-state index is 10.7. The SMILES string of the molecule is Nc1c(Cl)cc(C(O)CNCCCCCCOCCCc2ncccc2OCC(=O)O)cc1Cl. The number of unbranched alkanes of at least 4 members (excludes halogenated alkanes) is 3. The number of nitrogens with one attached hydrogen (secondary N) is 1. The third-order valence-electron chi connectivity index (χ3n) is 5.12. The van der Waals surface area contributed by atoms with E-state index in [1.165, 1.54) is 0 Å². The number of rotatable bonds is 17. The average Bonchev–Trinajstić information content (AvgIpc) is 2.81. The fraction of sp³-hybridized carbons (Fsp3) is 0.500. The van der Waals surface area contributed by atoms with Crippen molar-refractivity contribution < 1.29 is 24.5 Å². The van der Waals surface area contributed by atoms with Crippen molar-refractivity contribution in [3.63, 3.8) is 0 Å². The van der Waals surface area contributed by atoms with Gasteiger partial charge in [-0.1, -0.05) is 36.0 Å². The molecule has 8 nitrogen and oxygen atoms in total. The van der Waals surface area contributed by atoms with Crippen LogP contribution < -0.4 is 15.8 Å². The lowest BCUT2D eigenvalue weighted by Gasteiger charge is -2.14. The quantitative estimate of drug-likeness (QED) is 0.182. The van der Waals surface area contributed by atoms with E-state index in [0.29, 0.717) is 53.2 Å². The molecule has 1 heterocycles. The number of carbonyl (C=O) groups is 1. The normalized spacial score (nSPS) is 12.0. The molecule has 10 heteroatoms. The van der Waals surface area contributed by atoms with Gasteiger partial charge in [-0.25, -0.2) is 4.79 Å². The monoisotopic (exact) mass is 513 g/mol. The number of anilines is 1. The summed E-state index contributed by atoms with van der Waals surface area (Å²) in [6.45, 7) is 2.17. The van der Waals surface area contributed by atoms with Crippen LogP contribution in [0.4, 0.5) is 5.69 Å². The number of pyridine rings is 1. The van der Waals surface area contributed by atoms with E-state index in [4.69, 9.17) is 43.5 Å². The molecule has 0 fully saturated rings. The molecule has 1 unspecified atom stereocenters. The molecule has 0 aliphatic rings. The number of nitrogens with two attached hydrogens (primary N) is 1. The van der Waals surface area contributed by atoms with Gasteiger partial charge in [-0.05, 0) is 62.1 Å². The molecular weight excluding hydrogens is 481 g/mol. The Morgan fingerprint density at radius 2 is 1.82 bits per heavy atom. The average molecular weight is 514 g/mol. The maximum absolute atomic E-state index is 10.7. The summed E-state index contributed by atoms with van der Waals surface area (Å²) in [6, 6.07) is 6.72. The van der Waals surface area contributed by atoms with Gasteiger partial charge in [-0.2, -0.15) is 0 Å². The Kier molecular flexibility index (Phi) is 13.0. The van der Waals surface area contributed by atoms with E-state index in [0.717, 1.165) is 44.3 Å². The largest absolute Gasteiger partial charge is 0.480 e. The number of aliphatic hydroxyl groups excluding tert-OH is 1. The summed E-state index contributed by atoms with van der Waals surface area (Å²) in [7, 11) is 0. The van der Waals surface area contributed by atoms with Gasteiger partial charge in [0.1, 0.15) is 5.75 Å². The number of halogens is 2. The van der Waals surface area contributed by atoms with Gasteiger partial charge in [-0.15, -0.1) is 0 Å². The van der Waals surface area contributed by atoms with E-state index < -0.39 is 12.1 Å². The predicted octanol–water partition coefficient (Wildman–Crippen LogP) is 4.27. The van der Waals surface area contributed by atoms with E-state index in [2.05, 4.69) is 10.3 Å². The zero-order valence-electron chi connectivity index (χ0n) is 19.1. The molecule has 188 valence electrons. The minimum absolute atomic E-state index is 0.321. The summed E-state index contributed by atoms with van der Waals surface area (Å²) in [5, 5.41) is 22.9. The number of ether oxygens (including phenoxy) is 2. The molecule has 0 spiro atoms. The van der Waals surface area contributed by atoms with Crippen LogP contribution in [0.15, 0.2) is 30.5 Å². The highest BCUT2D eigenvalue weighted by Gasteiger charge is 2.12. The first-order valence-electron chi connectivity index (χ1n) is 11.4. The van der Waals surface area contributed by atoms with Gasteiger partial charge in [0.25, 0.3) is 0 Å². The van der Waals surface area contributed by atoms with Crippen molar-refractivity contribution in [1.82, 2.24) is 10.3 Å². The summed E-state index contributed by atoms with van der Waals surface area (Å²) in [4.78, 5) is 14.9. The van der Waals surface area contributed by atoms with Crippen LogP contribution in [-0.4, -0.2) is 54.1 Å². The van der Waals surface area contributed by atoms with Gasteiger partial charge < -0.3 is 30.7 Å². The van der Waals surface area contributed by atoms with Gasteiger partial charge in [0.2, 0.25) is 0 Å². The van der Waals surface area contributed by atoms with Crippen LogP contribution in [0.1, 0.15) is 49.5 Å². The van der Waals surface area contributed by atoms with Crippen molar-refractivity contribution >= 4 is 34.9 Å². The summed E-state index contributed by atoms with van der Waals surface area (Å²) < 4.78 is 10.9. The van der Waals surface area contributed by atoms with Crippen LogP contribution in [-0.2, 0) is 16.0 Å². The van der Waals surface area contributed by atoms with Gasteiger partial charge in [0.15, 0.2) is 6.61 Å². The van der Waals surface area contributed by atoms with Crippen LogP contribution >= 0.6 is 23.2 Å². The van der Waals surface area contributed by atoms with Gasteiger partial charge >= 0.3 is 5.97 Å². The Bertz CT molecular complexity index is 878. The second-order valence-electron chi connectivity index (χ2n) is 7.88. The first-order chi connectivity index (χ1) is 16.4. The Balaban J connectivity index is 1.47. The highest BCUT2D eigenvalue weighted by Crippen LogP contribution is 2.31. The molecular formula is C24H33Cl2N3O5. The molecule has 0 amide bonds. The zero-order valence-corrected chi connectivity index (χ0v) is 20.7. The number of aromatic nitrogens is 1. The number of aryl methyl sites for hydroxylation is 1. The number of hydrogen-bond acceptors (Lipinski definition) is 7. The van der Waals surface area contributed by atoms with Gasteiger partial charge in [0, 0.05) is 26.0 Å². The number of benzene rings is 1. The number of carboxylic acids is 1. The number of carboxylic acid groups (broad SMARTS) is 1. The van der Waals surface area contributed by atoms with Crippen molar-refractivity contribution in [3.05, 3.63) is 51.8 Å². The minimum Gasteiger partial charge on any atom is -0.480 e. The Morgan fingerprint density at radius 1 is 1.12 bits per heavy atom. The molecule has 1 aromatic heterocycles. The van der Waals surface area contributed by atoms with Crippen LogP contribution in [0.5, 0.6) is 5.75 Å². The third-order valence-corrected chi connectivity index (χ3v) is 5.74. The van der Waals surface area contributed by atoms with Crippen molar-refractivity contribution in [3.8, 4) is 5.75 Å². The van der Waals surface area contributed by atoms with Crippen molar-refractivity contribution in [2.45, 2.75) is 44.6 Å². The number of nitrogens with zero attached hydrogens (tertiary/aromatic N) is 1. The second kappa shape index (κ2) is 15.7. The summed E-state index contributed by atoms with van der Waals surface area (Å²) in [5.41, 5.74) is 7.42. The van der Waals surface area contributed by atoms with Gasteiger partial charge in [0.05, 0.1) is 27.5 Å². The minimum atomic E-state index is -1.01. The molecule has 2 aromatic rings. The second-order valence-corrected chi connectivity index (χ2v) is 8.69. The molecule has 1 aromatic carbocycles. The fourth-order valence-electron chi connectivity index (χ4n) is 3.29. The zero-order chi connectivity index (χ0) is 24.8. The summed E-state index contributed by atoms with van der Waals surface area (Å²) >= 11 is 12.0. The van der Waals surface area contributed by atoms with Crippen molar-refractivity contribution in [1.29, 1.82) is 0 Å². The van der Waals surface area contributed by atoms with Gasteiger partial charge in [-0.3, -0.25) is 4.98 Å². The van der Waals surface area contributed by atoms with Crippen molar-refractivity contribution in [2.75, 3.05) is 38.6 Å². The number of aliphatic hydroxyl groups is 1. The van der Waals surface area contributed by atoms with Crippen LogP contribution in [0.3, 0.4) is 0 Å². The molecule has 0 bridgehead atoms. The van der Waals surface area contributed by atoms with E-state index in [1.54, 1.807) is 30.5 Å². The van der Waals surface area contributed by atoms with E-state index >= 15 is 0 Å². The number of nitrogen functional groups attached to an aromatic ring is 1. The van der Waals surface area contributed by atoms with Crippen molar-refractivity contribution in [2.24, 2.45) is 0 Å². The first-order valence-corrected chi connectivity index (χ1v) is 12.1. The number of hydrogen-bond donors (Lipinski definition) is 4. The lowest BCUT2D eigenvalue weighted by Crippen LogP contribution is -2.22. The number of aliphatic carboxylic acids is 1. The topological polar surface area (TPSA) is 127 Å². The van der Waals surface area contributed by atoms with E-state index in [-0.39, 0.29) is 6.61 Å². The smallest absolute Gasteiger partial charge is 0.341 e. The Labute approximate surface area is 210 Å². The molecule has 0 aliphatic heterocycles. The van der Waals surface area contributed by atoms with Crippen LogP contribution in [0.25, 0.3) is 0 Å². The first kappa shape index (κ1) is 28.1. The summed E-state index contributed by atoms with van der Waals surface area (Å²) in [5.74, 6) is -0.507. The molecule has 2 rings (SSSR count). The summed E-state index contributed by atoms with van der Waals surface area (Å²) in [6.07, 6.45) is 6.57. The highest BCUT2D eigenvalue weighted by atomic mass is 35.5. The molecule has 0 saturated heterocycles. The van der Waals surface area contributed by atoms with Crippen LogP contribution in [0.2, 0.25) is 10.0 Å². The predicted molar refractivity (Wildman–Crippen MR) is 134 cm³/mol. The fourth-order valence-corrected chi connectivity index (χ4v) is 3.79.